The summed E-state index contributed by atoms with van der Waals surface area (Å²) in [6.45, 7) is 8.10. The molecule has 0 aromatic heterocycles. The zero-order valence-electron chi connectivity index (χ0n) is 8.06. The van der Waals surface area contributed by atoms with Crippen LogP contribution in [0, 0.1) is 11.8 Å². The van der Waals surface area contributed by atoms with Gasteiger partial charge in [0.15, 0.2) is 0 Å². The summed E-state index contributed by atoms with van der Waals surface area (Å²) in [6, 6.07) is 0.724. The molecule has 0 amide bonds. The predicted molar refractivity (Wildman–Crippen MR) is 49.6 cm³/mol. The van der Waals surface area contributed by atoms with Crippen LogP contribution >= 0.6 is 0 Å². The molecule has 0 radical (unpaired) electrons. The van der Waals surface area contributed by atoms with Crippen LogP contribution in [0.5, 0.6) is 0 Å². The second-order valence-corrected chi connectivity index (χ2v) is 3.94. The Morgan fingerprint density at radius 2 is 2.00 bits per heavy atom. The van der Waals surface area contributed by atoms with Gasteiger partial charge >= 0.3 is 0 Å². The summed E-state index contributed by atoms with van der Waals surface area (Å²) in [4.78, 5) is 0. The third-order valence-corrected chi connectivity index (χ3v) is 2.87. The van der Waals surface area contributed by atoms with E-state index in [9.17, 15) is 0 Å². The monoisotopic (exact) mass is 155 g/mol. The van der Waals surface area contributed by atoms with Crippen molar-refractivity contribution >= 4 is 0 Å². The van der Waals surface area contributed by atoms with Crippen LogP contribution in [0.1, 0.15) is 40.0 Å². The number of hydrogen-bond donors (Lipinski definition) is 1. The molecule has 0 aromatic carbocycles. The first kappa shape index (κ1) is 9.05. The predicted octanol–water partition coefficient (Wildman–Crippen LogP) is 2.42. The molecule has 0 bridgehead atoms. The van der Waals surface area contributed by atoms with Crippen LogP contribution in [0.15, 0.2) is 0 Å². The van der Waals surface area contributed by atoms with Crippen LogP contribution < -0.4 is 5.32 Å². The van der Waals surface area contributed by atoms with Crippen molar-refractivity contribution < 1.29 is 0 Å². The molecule has 1 aliphatic carbocycles. The topological polar surface area (TPSA) is 12.0 Å². The van der Waals surface area contributed by atoms with E-state index in [2.05, 4.69) is 26.1 Å². The Morgan fingerprint density at radius 1 is 1.36 bits per heavy atom. The van der Waals surface area contributed by atoms with Gasteiger partial charge in [-0.15, -0.1) is 0 Å². The highest BCUT2D eigenvalue weighted by atomic mass is 14.9. The van der Waals surface area contributed by atoms with Crippen LogP contribution in [-0.4, -0.2) is 12.6 Å². The second-order valence-electron chi connectivity index (χ2n) is 3.94. The Kier molecular flexibility index (Phi) is 3.38. The number of rotatable bonds is 5. The fourth-order valence-electron chi connectivity index (χ4n) is 1.59. The molecular weight excluding hydrogens is 134 g/mol. The van der Waals surface area contributed by atoms with Gasteiger partial charge in [0.05, 0.1) is 0 Å². The molecule has 0 aliphatic heterocycles. The Hall–Kier alpha value is -0.0400. The summed E-state index contributed by atoms with van der Waals surface area (Å²) < 4.78 is 0. The van der Waals surface area contributed by atoms with Crippen LogP contribution in [0.25, 0.3) is 0 Å². The first-order chi connectivity index (χ1) is 5.25. The van der Waals surface area contributed by atoms with Crippen LogP contribution in [-0.2, 0) is 0 Å². The van der Waals surface area contributed by atoms with Crippen molar-refractivity contribution in [3.8, 4) is 0 Å². The molecule has 1 rings (SSSR count). The third kappa shape index (κ3) is 2.82. The number of nitrogens with one attached hydrogen (secondary N) is 1. The largest absolute Gasteiger partial charge is 0.314 e. The van der Waals surface area contributed by atoms with E-state index in [4.69, 9.17) is 0 Å². The minimum Gasteiger partial charge on any atom is -0.314 e. The molecule has 2 unspecified atom stereocenters. The highest BCUT2D eigenvalue weighted by molar-refractivity contribution is 4.84. The third-order valence-electron chi connectivity index (χ3n) is 2.87. The number of hydrogen-bond acceptors (Lipinski definition) is 1. The molecule has 0 aromatic rings. The van der Waals surface area contributed by atoms with Gasteiger partial charge in [0.25, 0.3) is 0 Å². The van der Waals surface area contributed by atoms with E-state index in [0.29, 0.717) is 0 Å². The Bertz CT molecular complexity index is 107. The first-order valence-corrected chi connectivity index (χ1v) is 4.99. The molecule has 66 valence electrons. The summed E-state index contributed by atoms with van der Waals surface area (Å²) in [6.07, 6.45) is 4.19. The normalized spacial score (nSPS) is 23.2. The van der Waals surface area contributed by atoms with Gasteiger partial charge < -0.3 is 5.32 Å². The molecule has 1 fully saturated rings. The molecule has 1 nitrogen and oxygen atoms in total. The van der Waals surface area contributed by atoms with Crippen LogP contribution in [0.4, 0.5) is 0 Å². The zero-order valence-corrected chi connectivity index (χ0v) is 8.06. The molecule has 1 N–H and O–H groups in total. The molecule has 0 saturated heterocycles. The van der Waals surface area contributed by atoms with E-state index in [1.54, 1.807) is 0 Å². The highest BCUT2D eigenvalue weighted by Gasteiger charge is 2.30. The lowest BCUT2D eigenvalue weighted by Gasteiger charge is -2.20. The van der Waals surface area contributed by atoms with Crippen molar-refractivity contribution in [3.05, 3.63) is 0 Å². The van der Waals surface area contributed by atoms with E-state index >= 15 is 0 Å². The standard InChI is InChI=1S/C10H21N/c1-4-7-11-9(3)8(2)10-5-6-10/h8-11H,4-7H2,1-3H3. The lowest BCUT2D eigenvalue weighted by atomic mass is 9.98. The molecule has 1 aliphatic rings. The fourth-order valence-corrected chi connectivity index (χ4v) is 1.59. The highest BCUT2D eigenvalue weighted by Crippen LogP contribution is 2.37. The minimum absolute atomic E-state index is 0.724. The SMILES string of the molecule is CCCNC(C)C(C)C1CC1. The smallest absolute Gasteiger partial charge is 0.00670 e. The van der Waals surface area contributed by atoms with E-state index in [1.165, 1.54) is 25.8 Å². The fraction of sp³-hybridized carbons (Fsp3) is 1.00. The average molecular weight is 155 g/mol. The van der Waals surface area contributed by atoms with Crippen molar-refractivity contribution in [2.75, 3.05) is 6.54 Å². The maximum Gasteiger partial charge on any atom is 0.00670 e. The van der Waals surface area contributed by atoms with Crippen molar-refractivity contribution in [1.82, 2.24) is 5.32 Å². The van der Waals surface area contributed by atoms with Crippen molar-refractivity contribution in [2.45, 2.75) is 46.1 Å². The Balaban J connectivity index is 2.11. The van der Waals surface area contributed by atoms with E-state index in [-0.39, 0.29) is 0 Å². The molecule has 2 atom stereocenters. The van der Waals surface area contributed by atoms with Gasteiger partial charge in [-0.3, -0.25) is 0 Å². The zero-order chi connectivity index (χ0) is 8.27. The summed E-state index contributed by atoms with van der Waals surface area (Å²) in [7, 11) is 0. The lowest BCUT2D eigenvalue weighted by Crippen LogP contribution is -2.33. The minimum atomic E-state index is 0.724. The molecule has 1 heteroatoms. The van der Waals surface area contributed by atoms with Gasteiger partial charge in [0.1, 0.15) is 0 Å². The van der Waals surface area contributed by atoms with Gasteiger partial charge in [-0.1, -0.05) is 13.8 Å². The van der Waals surface area contributed by atoms with E-state index in [1.807, 2.05) is 0 Å². The lowest BCUT2D eigenvalue weighted by molar-refractivity contribution is 0.363. The Morgan fingerprint density at radius 3 is 2.45 bits per heavy atom. The first-order valence-electron chi connectivity index (χ1n) is 4.99. The van der Waals surface area contributed by atoms with E-state index in [0.717, 1.165) is 17.9 Å². The Labute approximate surface area is 70.6 Å². The maximum absolute atomic E-state index is 3.55. The average Bonchev–Trinajstić information content (AvgIpc) is 2.81. The van der Waals surface area contributed by atoms with Crippen molar-refractivity contribution in [3.63, 3.8) is 0 Å². The van der Waals surface area contributed by atoms with Gasteiger partial charge in [-0.2, -0.15) is 0 Å². The van der Waals surface area contributed by atoms with Crippen LogP contribution in [0.3, 0.4) is 0 Å². The molecular formula is C10H21N. The molecule has 0 spiro atoms. The summed E-state index contributed by atoms with van der Waals surface area (Å²) in [5.41, 5.74) is 0. The summed E-state index contributed by atoms with van der Waals surface area (Å²) >= 11 is 0. The maximum atomic E-state index is 3.55. The van der Waals surface area contributed by atoms with Gasteiger partial charge in [-0.05, 0) is 44.6 Å². The molecule has 1 saturated carbocycles. The van der Waals surface area contributed by atoms with Gasteiger partial charge in [-0.25, -0.2) is 0 Å². The molecule has 0 heterocycles. The van der Waals surface area contributed by atoms with Crippen molar-refractivity contribution in [1.29, 1.82) is 0 Å². The quantitative estimate of drug-likeness (QED) is 0.643. The molecule has 11 heavy (non-hydrogen) atoms. The van der Waals surface area contributed by atoms with Crippen LogP contribution in [0.2, 0.25) is 0 Å². The van der Waals surface area contributed by atoms with Gasteiger partial charge in [0, 0.05) is 6.04 Å². The van der Waals surface area contributed by atoms with E-state index < -0.39 is 0 Å². The summed E-state index contributed by atoms with van der Waals surface area (Å²) in [5, 5.41) is 3.55. The second kappa shape index (κ2) is 4.10. The van der Waals surface area contributed by atoms with Gasteiger partial charge in [0.2, 0.25) is 0 Å². The van der Waals surface area contributed by atoms with Crippen molar-refractivity contribution in [2.24, 2.45) is 11.8 Å². The summed E-state index contributed by atoms with van der Waals surface area (Å²) in [5.74, 6) is 1.93.